The topological polar surface area (TPSA) is 70.3 Å². The van der Waals surface area contributed by atoms with Crippen molar-refractivity contribution >= 4 is 33.8 Å². The van der Waals surface area contributed by atoms with Gasteiger partial charge in [0, 0.05) is 11.1 Å². The van der Waals surface area contributed by atoms with Crippen LogP contribution in [0.4, 0.5) is 0 Å². The molecule has 0 amide bonds. The second kappa shape index (κ2) is 4.64. The molecule has 4 rings (SSSR count). The Hall–Kier alpha value is -2.73. The zero-order valence-corrected chi connectivity index (χ0v) is 11.9. The maximum Gasteiger partial charge on any atom is 0.421 e. The molecule has 6 nitrogen and oxygen atoms in total. The molecule has 0 aliphatic heterocycles. The van der Waals surface area contributed by atoms with Crippen LogP contribution >= 0.6 is 11.6 Å². The van der Waals surface area contributed by atoms with Crippen LogP contribution in [0.25, 0.3) is 22.2 Å². The largest absolute Gasteiger partial charge is 0.421 e. The van der Waals surface area contributed by atoms with Crippen LogP contribution in [-0.2, 0) is 6.67 Å². The van der Waals surface area contributed by atoms with Gasteiger partial charge in [0.25, 0.3) is 0 Å². The third-order valence-electron chi connectivity index (χ3n) is 3.49. The lowest BCUT2D eigenvalue weighted by molar-refractivity contribution is 0.456. The standard InChI is InChI=1S/C15H9ClN2O4/c16-9-5-6-11-13(7-9)22-15(20)18(11)8-17-10-3-1-2-4-12(10)21-14(17)19/h1-7H,8H2. The van der Waals surface area contributed by atoms with E-state index in [1.807, 2.05) is 0 Å². The zero-order chi connectivity index (χ0) is 15.3. The number of para-hydroxylation sites is 2. The van der Waals surface area contributed by atoms with Crippen molar-refractivity contribution in [3.63, 3.8) is 0 Å². The Labute approximate surface area is 127 Å². The van der Waals surface area contributed by atoms with Gasteiger partial charge in [-0.3, -0.25) is 9.13 Å². The Morgan fingerprint density at radius 1 is 0.864 bits per heavy atom. The van der Waals surface area contributed by atoms with E-state index in [4.69, 9.17) is 20.4 Å². The molecule has 0 saturated carbocycles. The Morgan fingerprint density at radius 2 is 1.50 bits per heavy atom. The van der Waals surface area contributed by atoms with Crippen LogP contribution in [0.3, 0.4) is 0 Å². The zero-order valence-electron chi connectivity index (χ0n) is 11.2. The number of oxazole rings is 2. The number of nitrogens with zero attached hydrogens (tertiary/aromatic N) is 2. The highest BCUT2D eigenvalue weighted by atomic mass is 35.5. The van der Waals surface area contributed by atoms with Gasteiger partial charge in [-0.05, 0) is 24.3 Å². The molecule has 0 atom stereocenters. The Bertz CT molecular complexity index is 1120. The first-order chi connectivity index (χ1) is 10.6. The first-order valence-corrected chi connectivity index (χ1v) is 6.88. The van der Waals surface area contributed by atoms with Crippen molar-refractivity contribution in [2.75, 3.05) is 0 Å². The lowest BCUT2D eigenvalue weighted by Gasteiger charge is -2.03. The summed E-state index contributed by atoms with van der Waals surface area (Å²) >= 11 is 5.88. The highest BCUT2D eigenvalue weighted by molar-refractivity contribution is 6.31. The van der Waals surface area contributed by atoms with Gasteiger partial charge in [0.2, 0.25) is 0 Å². The van der Waals surface area contributed by atoms with Crippen molar-refractivity contribution in [2.45, 2.75) is 6.67 Å². The van der Waals surface area contributed by atoms with E-state index in [0.29, 0.717) is 27.2 Å². The molecule has 0 saturated heterocycles. The van der Waals surface area contributed by atoms with Gasteiger partial charge < -0.3 is 8.83 Å². The highest BCUT2D eigenvalue weighted by Crippen LogP contribution is 2.19. The molecule has 0 unspecified atom stereocenters. The van der Waals surface area contributed by atoms with Gasteiger partial charge in [0.05, 0.1) is 11.0 Å². The summed E-state index contributed by atoms with van der Waals surface area (Å²) in [4.78, 5) is 24.0. The van der Waals surface area contributed by atoms with Gasteiger partial charge in [-0.25, -0.2) is 9.59 Å². The molecular weight excluding hydrogens is 308 g/mol. The van der Waals surface area contributed by atoms with E-state index in [-0.39, 0.29) is 6.67 Å². The van der Waals surface area contributed by atoms with E-state index in [9.17, 15) is 9.59 Å². The molecule has 0 N–H and O–H groups in total. The lowest BCUT2D eigenvalue weighted by atomic mass is 10.3. The summed E-state index contributed by atoms with van der Waals surface area (Å²) in [5.41, 5.74) is 2.02. The molecule has 0 fully saturated rings. The number of halogens is 1. The van der Waals surface area contributed by atoms with E-state index in [1.165, 1.54) is 9.13 Å². The summed E-state index contributed by atoms with van der Waals surface area (Å²) in [6, 6.07) is 11.9. The van der Waals surface area contributed by atoms with Crippen LogP contribution in [0, 0.1) is 0 Å². The average Bonchev–Trinajstić information content (AvgIpc) is 2.97. The summed E-state index contributed by atoms with van der Waals surface area (Å²) in [7, 11) is 0. The molecule has 110 valence electrons. The van der Waals surface area contributed by atoms with Gasteiger partial charge in [0.1, 0.15) is 6.67 Å². The fourth-order valence-corrected chi connectivity index (χ4v) is 2.63. The minimum absolute atomic E-state index is 0.00329. The fourth-order valence-electron chi connectivity index (χ4n) is 2.46. The van der Waals surface area contributed by atoms with E-state index < -0.39 is 11.5 Å². The molecule has 22 heavy (non-hydrogen) atoms. The number of benzene rings is 2. The lowest BCUT2D eigenvalue weighted by Crippen LogP contribution is -2.24. The monoisotopic (exact) mass is 316 g/mol. The summed E-state index contributed by atoms with van der Waals surface area (Å²) in [6.45, 7) is 0.00329. The molecule has 0 aliphatic carbocycles. The van der Waals surface area contributed by atoms with E-state index in [1.54, 1.807) is 42.5 Å². The quantitative estimate of drug-likeness (QED) is 0.570. The number of aromatic nitrogens is 2. The first kappa shape index (κ1) is 13.0. The third-order valence-corrected chi connectivity index (χ3v) is 3.72. The van der Waals surface area contributed by atoms with Crippen molar-refractivity contribution in [1.82, 2.24) is 9.13 Å². The molecule has 7 heteroatoms. The van der Waals surface area contributed by atoms with Gasteiger partial charge >= 0.3 is 11.5 Å². The van der Waals surface area contributed by atoms with Gasteiger partial charge in [-0.1, -0.05) is 23.7 Å². The fraction of sp³-hybridized carbons (Fsp3) is 0.0667. The predicted octanol–water partition coefficient (Wildman–Crippen LogP) is 2.66. The minimum atomic E-state index is -0.561. The Balaban J connectivity index is 1.93. The normalized spacial score (nSPS) is 11.5. The molecule has 0 bridgehead atoms. The molecule has 0 radical (unpaired) electrons. The molecule has 0 aliphatic rings. The van der Waals surface area contributed by atoms with Crippen LogP contribution in [-0.4, -0.2) is 9.13 Å². The summed E-state index contributed by atoms with van der Waals surface area (Å²) < 4.78 is 13.0. The summed E-state index contributed by atoms with van der Waals surface area (Å²) in [5, 5.41) is 0.472. The van der Waals surface area contributed by atoms with Crippen LogP contribution < -0.4 is 11.5 Å². The minimum Gasteiger partial charge on any atom is -0.408 e. The van der Waals surface area contributed by atoms with Crippen LogP contribution in [0.5, 0.6) is 0 Å². The summed E-state index contributed by atoms with van der Waals surface area (Å²) in [6.07, 6.45) is 0. The third kappa shape index (κ3) is 1.88. The van der Waals surface area contributed by atoms with E-state index in [0.717, 1.165) is 0 Å². The highest BCUT2D eigenvalue weighted by Gasteiger charge is 2.14. The second-order valence-electron chi connectivity index (χ2n) is 4.81. The molecule has 4 aromatic rings. The van der Waals surface area contributed by atoms with Crippen molar-refractivity contribution in [3.8, 4) is 0 Å². The number of rotatable bonds is 2. The van der Waals surface area contributed by atoms with Crippen molar-refractivity contribution in [3.05, 3.63) is 68.6 Å². The Kier molecular flexibility index (Phi) is 2.74. The number of hydrogen-bond acceptors (Lipinski definition) is 4. The second-order valence-corrected chi connectivity index (χ2v) is 5.25. The molecular formula is C15H9ClN2O4. The molecule has 2 aromatic carbocycles. The summed E-state index contributed by atoms with van der Waals surface area (Å²) in [5.74, 6) is -1.09. The average molecular weight is 317 g/mol. The van der Waals surface area contributed by atoms with E-state index in [2.05, 4.69) is 0 Å². The first-order valence-electron chi connectivity index (χ1n) is 6.51. The van der Waals surface area contributed by atoms with Gasteiger partial charge in [0.15, 0.2) is 11.2 Å². The maximum atomic E-state index is 12.0. The molecule has 2 aromatic heterocycles. The Morgan fingerprint density at radius 3 is 2.27 bits per heavy atom. The van der Waals surface area contributed by atoms with Crippen LogP contribution in [0.1, 0.15) is 0 Å². The van der Waals surface area contributed by atoms with Crippen LogP contribution in [0.15, 0.2) is 60.9 Å². The number of hydrogen-bond donors (Lipinski definition) is 0. The van der Waals surface area contributed by atoms with Gasteiger partial charge in [-0.2, -0.15) is 0 Å². The molecule has 2 heterocycles. The predicted molar refractivity (Wildman–Crippen MR) is 81.4 cm³/mol. The molecule has 0 spiro atoms. The van der Waals surface area contributed by atoms with Crippen molar-refractivity contribution < 1.29 is 8.83 Å². The van der Waals surface area contributed by atoms with Gasteiger partial charge in [-0.15, -0.1) is 0 Å². The SMILES string of the molecule is O=c1oc2ccccc2n1Cn1c(=O)oc2cc(Cl)ccc21. The van der Waals surface area contributed by atoms with Crippen molar-refractivity contribution in [2.24, 2.45) is 0 Å². The van der Waals surface area contributed by atoms with E-state index >= 15 is 0 Å². The number of fused-ring (bicyclic) bond motifs is 2. The van der Waals surface area contributed by atoms with Crippen molar-refractivity contribution in [1.29, 1.82) is 0 Å². The smallest absolute Gasteiger partial charge is 0.408 e. The van der Waals surface area contributed by atoms with Crippen LogP contribution in [0.2, 0.25) is 5.02 Å². The maximum absolute atomic E-state index is 12.0.